The number of aliphatic hydroxyl groups excluding tert-OH is 1. The van der Waals surface area contributed by atoms with Gasteiger partial charge in [-0.1, -0.05) is 0 Å². The minimum Gasteiger partial charge on any atom is -0.376 e. The van der Waals surface area contributed by atoms with Gasteiger partial charge in [0, 0.05) is 6.54 Å². The number of rotatable bonds is 1. The second-order valence-corrected chi connectivity index (χ2v) is 1.49. The molecule has 1 aliphatic heterocycles. The summed E-state index contributed by atoms with van der Waals surface area (Å²) in [5, 5.41) is 13.9. The van der Waals surface area contributed by atoms with Crippen LogP contribution in [0.5, 0.6) is 0 Å². The molecule has 1 rings (SSSR count). The topological polar surface area (TPSA) is 56.6 Å². The van der Waals surface area contributed by atoms with Crippen molar-refractivity contribution in [1.29, 1.82) is 0 Å². The van der Waals surface area contributed by atoms with Gasteiger partial charge in [-0.15, -0.1) is 0 Å². The van der Waals surface area contributed by atoms with Crippen molar-refractivity contribution in [3.8, 4) is 0 Å². The van der Waals surface area contributed by atoms with Crippen LogP contribution >= 0.6 is 0 Å². The minimum atomic E-state index is -0.0498. The van der Waals surface area contributed by atoms with Crippen LogP contribution in [0.2, 0.25) is 0 Å². The molecule has 0 radical (unpaired) electrons. The molecule has 46 valence electrons. The van der Waals surface area contributed by atoms with Crippen molar-refractivity contribution in [1.82, 2.24) is 10.6 Å². The standard InChI is InChI=1S/C4H9N3O/c8-3-7-4-5-1-2-6-4/h8H,1-3H2,(H2,5,6,7). The Morgan fingerprint density at radius 3 is 3.25 bits per heavy atom. The van der Waals surface area contributed by atoms with Gasteiger partial charge < -0.3 is 15.7 Å². The van der Waals surface area contributed by atoms with Gasteiger partial charge in [0.1, 0.15) is 6.73 Å². The molecule has 0 saturated heterocycles. The van der Waals surface area contributed by atoms with Crippen molar-refractivity contribution in [3.63, 3.8) is 0 Å². The van der Waals surface area contributed by atoms with Gasteiger partial charge in [0.05, 0.1) is 6.54 Å². The van der Waals surface area contributed by atoms with E-state index in [2.05, 4.69) is 15.6 Å². The lowest BCUT2D eigenvalue weighted by Gasteiger charge is -1.99. The zero-order valence-electron chi connectivity index (χ0n) is 4.52. The first-order chi connectivity index (χ1) is 3.93. The summed E-state index contributed by atoms with van der Waals surface area (Å²) < 4.78 is 0. The van der Waals surface area contributed by atoms with E-state index in [0.29, 0.717) is 5.96 Å². The fourth-order valence-corrected chi connectivity index (χ4v) is 0.591. The molecule has 0 bridgehead atoms. The van der Waals surface area contributed by atoms with Gasteiger partial charge in [-0.3, -0.25) is 4.99 Å². The van der Waals surface area contributed by atoms with Crippen molar-refractivity contribution in [2.24, 2.45) is 4.99 Å². The molecule has 0 saturated carbocycles. The smallest absolute Gasteiger partial charge is 0.193 e. The summed E-state index contributed by atoms with van der Waals surface area (Å²) in [5.74, 6) is 0.701. The Kier molecular flexibility index (Phi) is 1.69. The van der Waals surface area contributed by atoms with Gasteiger partial charge in [-0.05, 0) is 0 Å². The van der Waals surface area contributed by atoms with Crippen LogP contribution < -0.4 is 10.6 Å². The van der Waals surface area contributed by atoms with Gasteiger partial charge in [0.15, 0.2) is 5.96 Å². The molecule has 4 nitrogen and oxygen atoms in total. The number of nitrogens with one attached hydrogen (secondary N) is 2. The van der Waals surface area contributed by atoms with E-state index in [0.717, 1.165) is 13.1 Å². The molecule has 0 spiro atoms. The molecule has 1 aliphatic rings. The fourth-order valence-electron chi connectivity index (χ4n) is 0.591. The first-order valence-corrected chi connectivity index (χ1v) is 2.56. The van der Waals surface area contributed by atoms with Gasteiger partial charge in [0.25, 0.3) is 0 Å². The lowest BCUT2D eigenvalue weighted by Crippen LogP contribution is -2.34. The van der Waals surface area contributed by atoms with Gasteiger partial charge in [0.2, 0.25) is 0 Å². The Labute approximate surface area is 47.6 Å². The molecule has 1 heterocycles. The number of nitrogens with zero attached hydrogens (tertiary/aromatic N) is 1. The lowest BCUT2D eigenvalue weighted by atomic mass is 10.7. The van der Waals surface area contributed by atoms with E-state index in [1.807, 2.05) is 0 Å². The number of aliphatic hydroxyl groups is 1. The number of hydrogen-bond donors (Lipinski definition) is 3. The third kappa shape index (κ3) is 1.10. The van der Waals surface area contributed by atoms with Gasteiger partial charge >= 0.3 is 0 Å². The van der Waals surface area contributed by atoms with Crippen molar-refractivity contribution in [2.75, 3.05) is 19.8 Å². The minimum absolute atomic E-state index is 0.0498. The van der Waals surface area contributed by atoms with Crippen LogP contribution in [0, 0.1) is 0 Å². The normalized spacial score (nSPS) is 17.4. The molecule has 0 atom stereocenters. The summed E-state index contributed by atoms with van der Waals surface area (Å²) in [6.07, 6.45) is 0. The maximum atomic E-state index is 8.29. The molecule has 0 aromatic rings. The molecule has 4 heteroatoms. The van der Waals surface area contributed by atoms with Crippen LogP contribution in [0.15, 0.2) is 4.99 Å². The van der Waals surface area contributed by atoms with E-state index in [9.17, 15) is 0 Å². The Morgan fingerprint density at radius 1 is 1.88 bits per heavy atom. The van der Waals surface area contributed by atoms with Crippen LogP contribution in [-0.2, 0) is 0 Å². The largest absolute Gasteiger partial charge is 0.376 e. The molecule has 8 heavy (non-hydrogen) atoms. The highest BCUT2D eigenvalue weighted by atomic mass is 16.3. The molecular weight excluding hydrogens is 106 g/mol. The Bertz CT molecular complexity index is 101. The summed E-state index contributed by atoms with van der Waals surface area (Å²) in [6.45, 7) is 1.64. The maximum absolute atomic E-state index is 8.29. The first-order valence-electron chi connectivity index (χ1n) is 2.56. The summed E-state index contributed by atoms with van der Waals surface area (Å²) >= 11 is 0. The highest BCUT2D eigenvalue weighted by molar-refractivity contribution is 5.80. The quantitative estimate of drug-likeness (QED) is 0.364. The van der Waals surface area contributed by atoms with E-state index in [1.165, 1.54) is 0 Å². The molecule has 0 unspecified atom stereocenters. The van der Waals surface area contributed by atoms with E-state index in [4.69, 9.17) is 5.11 Å². The molecule has 0 aromatic heterocycles. The van der Waals surface area contributed by atoms with Crippen LogP contribution in [0.3, 0.4) is 0 Å². The molecular formula is C4H9N3O. The van der Waals surface area contributed by atoms with E-state index in [-0.39, 0.29) is 6.73 Å². The van der Waals surface area contributed by atoms with Crippen LogP contribution in [0.1, 0.15) is 0 Å². The zero-order chi connectivity index (χ0) is 5.82. The summed E-state index contributed by atoms with van der Waals surface area (Å²) in [6, 6.07) is 0. The number of hydrogen-bond acceptors (Lipinski definition) is 4. The predicted molar refractivity (Wildman–Crippen MR) is 30.5 cm³/mol. The fraction of sp³-hybridized carbons (Fsp3) is 0.750. The predicted octanol–water partition coefficient (Wildman–Crippen LogP) is -1.51. The van der Waals surface area contributed by atoms with Crippen LogP contribution in [0.25, 0.3) is 0 Å². The third-order valence-electron chi connectivity index (χ3n) is 0.921. The highest BCUT2D eigenvalue weighted by Gasteiger charge is 2.00. The molecule has 0 fully saturated rings. The summed E-state index contributed by atoms with van der Waals surface area (Å²) in [4.78, 5) is 3.96. The van der Waals surface area contributed by atoms with Gasteiger partial charge in [-0.25, -0.2) is 0 Å². The number of aliphatic imine (C=N–C) groups is 1. The Balaban J connectivity index is 2.23. The Morgan fingerprint density at radius 2 is 2.75 bits per heavy atom. The lowest BCUT2D eigenvalue weighted by molar-refractivity contribution is 0.285. The average molecular weight is 115 g/mol. The first kappa shape index (κ1) is 5.37. The van der Waals surface area contributed by atoms with Crippen molar-refractivity contribution >= 4 is 5.96 Å². The van der Waals surface area contributed by atoms with E-state index < -0.39 is 0 Å². The van der Waals surface area contributed by atoms with E-state index in [1.54, 1.807) is 0 Å². The van der Waals surface area contributed by atoms with E-state index >= 15 is 0 Å². The highest BCUT2D eigenvalue weighted by Crippen LogP contribution is 1.78. The third-order valence-corrected chi connectivity index (χ3v) is 0.921. The summed E-state index contributed by atoms with van der Waals surface area (Å²) in [7, 11) is 0. The second kappa shape index (κ2) is 2.52. The monoisotopic (exact) mass is 115 g/mol. The molecule has 0 amide bonds. The molecule has 0 aliphatic carbocycles. The zero-order valence-corrected chi connectivity index (χ0v) is 4.52. The van der Waals surface area contributed by atoms with Crippen LogP contribution in [-0.4, -0.2) is 30.9 Å². The van der Waals surface area contributed by atoms with Crippen molar-refractivity contribution < 1.29 is 5.11 Å². The SMILES string of the molecule is OCNC1=NCCN1. The van der Waals surface area contributed by atoms with Gasteiger partial charge in [-0.2, -0.15) is 0 Å². The molecule has 0 aromatic carbocycles. The average Bonchev–Trinajstić information content (AvgIpc) is 2.19. The molecule has 3 N–H and O–H groups in total. The van der Waals surface area contributed by atoms with Crippen molar-refractivity contribution in [3.05, 3.63) is 0 Å². The summed E-state index contributed by atoms with van der Waals surface area (Å²) in [5.41, 5.74) is 0. The van der Waals surface area contributed by atoms with Crippen LogP contribution in [0.4, 0.5) is 0 Å². The number of guanidine groups is 1. The Hall–Kier alpha value is -0.770. The van der Waals surface area contributed by atoms with Crippen molar-refractivity contribution in [2.45, 2.75) is 0 Å². The second-order valence-electron chi connectivity index (χ2n) is 1.49. The maximum Gasteiger partial charge on any atom is 0.193 e.